The Kier molecular flexibility index (Phi) is 7.09. The number of hydrogen-bond donors (Lipinski definition) is 2. The summed E-state index contributed by atoms with van der Waals surface area (Å²) < 4.78 is 59.2. The Labute approximate surface area is 258 Å². The zero-order chi connectivity index (χ0) is 32.6. The van der Waals surface area contributed by atoms with Crippen LogP contribution in [0.2, 0.25) is 0 Å². The Hall–Kier alpha value is -1.39. The van der Waals surface area contributed by atoms with Gasteiger partial charge in [-0.3, -0.25) is 4.79 Å². The summed E-state index contributed by atoms with van der Waals surface area (Å²) in [6.07, 6.45) is -1.49. The van der Waals surface area contributed by atoms with Crippen molar-refractivity contribution >= 4 is 11.9 Å². The minimum absolute atomic E-state index is 0.0181. The number of ether oxygens (including phenoxy) is 3. The van der Waals surface area contributed by atoms with Crippen LogP contribution in [0.5, 0.6) is 0 Å². The van der Waals surface area contributed by atoms with Crippen molar-refractivity contribution in [1.29, 1.82) is 0 Å². The Morgan fingerprint density at radius 2 is 1.73 bits per heavy atom. The zero-order valence-corrected chi connectivity index (χ0v) is 27.2. The van der Waals surface area contributed by atoms with Gasteiger partial charge in [0.2, 0.25) is 0 Å². The van der Waals surface area contributed by atoms with Gasteiger partial charge in [-0.15, -0.1) is 0 Å². The quantitative estimate of drug-likeness (QED) is 0.356. The number of rotatable bonds is 4. The molecular weight excluding hydrogens is 577 g/mol. The predicted octanol–water partition coefficient (Wildman–Crippen LogP) is 6.26. The molecule has 0 aromatic rings. The first kappa shape index (κ1) is 32.5. The van der Waals surface area contributed by atoms with Crippen LogP contribution in [-0.2, 0) is 23.8 Å². The average molecular weight is 626 g/mol. The van der Waals surface area contributed by atoms with Crippen molar-refractivity contribution in [2.75, 3.05) is 0 Å². The second-order valence-corrected chi connectivity index (χ2v) is 16.5. The van der Waals surface area contributed by atoms with Gasteiger partial charge in [0.05, 0.1) is 11.7 Å². The molecule has 0 aromatic carbocycles. The molecule has 2 N–H and O–H groups in total. The van der Waals surface area contributed by atoms with E-state index in [1.807, 2.05) is 13.8 Å². The molecule has 6 fully saturated rings. The Bertz CT molecular complexity index is 1210. The molecule has 6 aliphatic rings. The van der Waals surface area contributed by atoms with Gasteiger partial charge in [-0.25, -0.2) is 4.79 Å². The van der Waals surface area contributed by atoms with Crippen LogP contribution >= 0.6 is 0 Å². The fraction of sp³-hybridized carbons (Fsp3) is 0.853. The zero-order valence-electron chi connectivity index (χ0n) is 27.2. The minimum atomic E-state index is -5.19. The van der Waals surface area contributed by atoms with Crippen LogP contribution in [0.4, 0.5) is 13.2 Å². The highest BCUT2D eigenvalue weighted by Gasteiger charge is 2.86. The lowest BCUT2D eigenvalue weighted by Gasteiger charge is -2.63. The van der Waals surface area contributed by atoms with E-state index < -0.39 is 52.9 Å². The molecule has 6 rings (SSSR count). The number of carbonyl (C=O) groups is 2. The van der Waals surface area contributed by atoms with E-state index in [9.17, 15) is 33.0 Å². The third kappa shape index (κ3) is 4.10. The monoisotopic (exact) mass is 625 g/mol. The van der Waals surface area contributed by atoms with Crippen molar-refractivity contribution in [3.05, 3.63) is 18.1 Å². The van der Waals surface area contributed by atoms with E-state index >= 15 is 0 Å². The van der Waals surface area contributed by atoms with Crippen molar-refractivity contribution in [3.63, 3.8) is 0 Å². The first-order valence-corrected chi connectivity index (χ1v) is 16.2. The number of fused-ring (bicyclic) bond motifs is 4. The van der Waals surface area contributed by atoms with Gasteiger partial charge < -0.3 is 24.4 Å². The fourth-order valence-electron chi connectivity index (χ4n) is 11.7. The van der Waals surface area contributed by atoms with E-state index in [-0.39, 0.29) is 40.3 Å². The van der Waals surface area contributed by atoms with E-state index in [0.717, 1.165) is 32.1 Å². The van der Waals surface area contributed by atoms with Crippen molar-refractivity contribution in [1.82, 2.24) is 0 Å². The first-order chi connectivity index (χ1) is 20.1. The molecular formula is C34H48F3O7. The van der Waals surface area contributed by atoms with E-state index in [1.165, 1.54) is 26.7 Å². The molecule has 7 nitrogen and oxygen atoms in total. The van der Waals surface area contributed by atoms with E-state index in [2.05, 4.69) is 20.8 Å². The van der Waals surface area contributed by atoms with E-state index in [4.69, 9.17) is 14.2 Å². The highest BCUT2D eigenvalue weighted by atomic mass is 19.4. The standard InChI is InChI=1S/C34H48F3O7/c1-17-15-19(25(29(5,6)41)42-18(2)38)43-24-23(17)30(7)13-14-33-16-32(33)12-11-22(39)28(3,4)20(32)9-10-21(33)31(30,8)26(24)44-27(40)34(35,36)37/h17,20,22-23,25-26,39,41H,9-16H2,1-8H3/t17-,20+,22?,23+,25+,26+,30-,31-,32-,33+/m1/s1. The lowest BCUT2D eigenvalue weighted by Crippen LogP contribution is -2.59. The third-order valence-corrected chi connectivity index (χ3v) is 13.7. The van der Waals surface area contributed by atoms with E-state index in [1.54, 1.807) is 0 Å². The predicted molar refractivity (Wildman–Crippen MR) is 153 cm³/mol. The molecule has 247 valence electrons. The van der Waals surface area contributed by atoms with Gasteiger partial charge in [0.1, 0.15) is 18.3 Å². The van der Waals surface area contributed by atoms with E-state index in [0.29, 0.717) is 25.2 Å². The van der Waals surface area contributed by atoms with Crippen LogP contribution in [0.3, 0.4) is 0 Å². The molecule has 5 saturated carbocycles. The number of halogens is 3. The van der Waals surface area contributed by atoms with Crippen LogP contribution in [-0.4, -0.2) is 52.2 Å². The number of esters is 2. The van der Waals surface area contributed by atoms with Gasteiger partial charge in [-0.1, -0.05) is 34.6 Å². The van der Waals surface area contributed by atoms with Gasteiger partial charge in [-0.2, -0.15) is 13.2 Å². The largest absolute Gasteiger partial charge is 0.490 e. The summed E-state index contributed by atoms with van der Waals surface area (Å²) in [7, 11) is 0. The highest BCUT2D eigenvalue weighted by molar-refractivity contribution is 5.76. The molecule has 0 amide bonds. The maximum Gasteiger partial charge on any atom is 0.490 e. The molecule has 10 atom stereocenters. The summed E-state index contributed by atoms with van der Waals surface area (Å²) in [6.45, 7) is 14.6. The van der Waals surface area contributed by atoms with Gasteiger partial charge in [-0.05, 0) is 105 Å². The average Bonchev–Trinajstić information content (AvgIpc) is 3.51. The van der Waals surface area contributed by atoms with Crippen molar-refractivity contribution in [2.45, 2.75) is 137 Å². The lowest BCUT2D eigenvalue weighted by atomic mass is 9.41. The molecule has 44 heavy (non-hydrogen) atoms. The second-order valence-electron chi connectivity index (χ2n) is 16.5. The van der Waals surface area contributed by atoms with Crippen LogP contribution < -0.4 is 0 Å². The fourth-order valence-corrected chi connectivity index (χ4v) is 11.7. The van der Waals surface area contributed by atoms with Crippen molar-refractivity contribution in [2.24, 2.45) is 44.8 Å². The number of aliphatic hydroxyl groups is 2. The maximum atomic E-state index is 13.9. The molecule has 0 bridgehead atoms. The third-order valence-electron chi connectivity index (χ3n) is 13.7. The Morgan fingerprint density at radius 1 is 1.07 bits per heavy atom. The van der Waals surface area contributed by atoms with Crippen molar-refractivity contribution < 1.29 is 47.2 Å². The Morgan fingerprint density at radius 3 is 2.32 bits per heavy atom. The molecule has 1 unspecified atom stereocenters. The summed E-state index contributed by atoms with van der Waals surface area (Å²) in [4.78, 5) is 24.7. The van der Waals surface area contributed by atoms with Crippen LogP contribution in [0.25, 0.3) is 0 Å². The highest BCUT2D eigenvalue weighted by Crippen LogP contribution is 2.90. The Balaban J connectivity index is 1.44. The number of alkyl halides is 3. The summed E-state index contributed by atoms with van der Waals surface area (Å²) >= 11 is 0. The molecule has 1 heterocycles. The normalized spacial score (nSPS) is 46.1. The number of carbonyl (C=O) groups excluding carboxylic acids is 2. The van der Waals surface area contributed by atoms with Crippen LogP contribution in [0.1, 0.15) is 107 Å². The molecule has 0 aromatic heterocycles. The van der Waals surface area contributed by atoms with Gasteiger partial charge in [0.15, 0.2) is 6.10 Å². The minimum Gasteiger partial charge on any atom is -0.456 e. The van der Waals surface area contributed by atoms with Crippen LogP contribution in [0, 0.1) is 63.0 Å². The second kappa shape index (κ2) is 9.59. The molecule has 1 aliphatic heterocycles. The van der Waals surface area contributed by atoms with Gasteiger partial charge in [0, 0.05) is 18.3 Å². The summed E-state index contributed by atoms with van der Waals surface area (Å²) in [5.41, 5.74) is -3.48. The van der Waals surface area contributed by atoms with Gasteiger partial charge >= 0.3 is 18.1 Å². The van der Waals surface area contributed by atoms with Gasteiger partial charge in [0.25, 0.3) is 0 Å². The molecule has 10 heteroatoms. The molecule has 5 aliphatic carbocycles. The SMILES string of the molecule is CC(=O)O[C@@H]([C]1C[C@@H](C)[C@H]2[C](O1)[C@H](OC(=O)C(F)(F)F)[C@@]1(C)[C]3CC[C@H]4C(C)(C)C(O)CC[C@@]45C[C@@]35CC[C@]21C)C(C)(C)O. The topological polar surface area (TPSA) is 102 Å². The lowest BCUT2D eigenvalue weighted by molar-refractivity contribution is -0.214. The molecule has 3 radical (unpaired) electrons. The summed E-state index contributed by atoms with van der Waals surface area (Å²) in [5.74, 6) is -1.83. The molecule has 1 saturated heterocycles. The summed E-state index contributed by atoms with van der Waals surface area (Å²) in [6, 6.07) is 0. The first-order valence-electron chi connectivity index (χ1n) is 16.2. The number of aliphatic hydroxyl groups excluding tert-OH is 1. The number of hydrogen-bond acceptors (Lipinski definition) is 7. The maximum absolute atomic E-state index is 13.9. The molecule has 2 spiro atoms. The summed E-state index contributed by atoms with van der Waals surface area (Å²) in [5, 5.41) is 21.9. The van der Waals surface area contributed by atoms with Crippen LogP contribution in [0.15, 0.2) is 0 Å². The van der Waals surface area contributed by atoms with Crippen molar-refractivity contribution in [3.8, 4) is 0 Å². The smallest absolute Gasteiger partial charge is 0.456 e.